The summed E-state index contributed by atoms with van der Waals surface area (Å²) in [6.45, 7) is 3.99. The van der Waals surface area contributed by atoms with Gasteiger partial charge in [0.05, 0.1) is 22.9 Å². The summed E-state index contributed by atoms with van der Waals surface area (Å²) in [7, 11) is 1.82. The van der Waals surface area contributed by atoms with Crippen molar-refractivity contribution in [3.63, 3.8) is 0 Å². The lowest BCUT2D eigenvalue weighted by molar-refractivity contribution is 0.102. The van der Waals surface area contributed by atoms with E-state index in [9.17, 15) is 4.79 Å². The molecule has 3 aromatic heterocycles. The molecule has 0 aliphatic rings. The van der Waals surface area contributed by atoms with Crippen LogP contribution in [0.25, 0.3) is 22.5 Å². The summed E-state index contributed by atoms with van der Waals surface area (Å²) < 4.78 is 7.20. The van der Waals surface area contributed by atoms with Gasteiger partial charge in [0.1, 0.15) is 5.69 Å². The van der Waals surface area contributed by atoms with Crippen molar-refractivity contribution in [1.29, 1.82) is 0 Å². The number of carbonyl (C=O) groups excluding carboxylic acids is 1. The van der Waals surface area contributed by atoms with E-state index in [4.69, 9.17) is 4.42 Å². The van der Waals surface area contributed by atoms with E-state index >= 15 is 0 Å². The molecular weight excluding hydrogens is 426 g/mol. The summed E-state index contributed by atoms with van der Waals surface area (Å²) in [5, 5.41) is 11.7. The summed E-state index contributed by atoms with van der Waals surface area (Å²) in [5.74, 6) is 0.368. The van der Waals surface area contributed by atoms with Crippen LogP contribution >= 0.6 is 0 Å². The zero-order valence-electron chi connectivity index (χ0n) is 19.2. The SMILES string of the molecule is Cc1nn(C)c2nc(-c3ccco3)cc(C(=O)Nc3ccc(NC(C)c4ccccc4)cc3)c12. The van der Waals surface area contributed by atoms with Gasteiger partial charge in [0.15, 0.2) is 11.4 Å². The number of hydrogen-bond donors (Lipinski definition) is 2. The molecule has 170 valence electrons. The van der Waals surface area contributed by atoms with Crippen LogP contribution < -0.4 is 10.6 Å². The monoisotopic (exact) mass is 451 g/mol. The van der Waals surface area contributed by atoms with Gasteiger partial charge in [-0.2, -0.15) is 5.10 Å². The average Bonchev–Trinajstić information content (AvgIpc) is 3.49. The molecule has 5 rings (SSSR count). The molecular formula is C27H25N5O2. The maximum absolute atomic E-state index is 13.3. The van der Waals surface area contributed by atoms with Crippen LogP contribution in [0.5, 0.6) is 0 Å². The number of anilines is 2. The number of aryl methyl sites for hydroxylation is 2. The fourth-order valence-corrected chi connectivity index (χ4v) is 4.10. The van der Waals surface area contributed by atoms with Gasteiger partial charge in [-0.05, 0) is 61.9 Å². The van der Waals surface area contributed by atoms with Crippen LogP contribution in [0, 0.1) is 6.92 Å². The molecule has 1 atom stereocenters. The van der Waals surface area contributed by atoms with Gasteiger partial charge < -0.3 is 15.1 Å². The highest BCUT2D eigenvalue weighted by Gasteiger charge is 2.20. The van der Waals surface area contributed by atoms with Gasteiger partial charge in [0.2, 0.25) is 0 Å². The molecule has 0 saturated heterocycles. The minimum atomic E-state index is -0.227. The number of nitrogens with zero attached hydrogens (tertiary/aromatic N) is 3. The maximum Gasteiger partial charge on any atom is 0.256 e. The van der Waals surface area contributed by atoms with Gasteiger partial charge in [0.25, 0.3) is 5.91 Å². The molecule has 0 saturated carbocycles. The highest BCUT2D eigenvalue weighted by molar-refractivity contribution is 6.13. The first kappa shape index (κ1) is 21.5. The lowest BCUT2D eigenvalue weighted by Gasteiger charge is -2.16. The largest absolute Gasteiger partial charge is 0.463 e. The molecule has 3 heterocycles. The van der Waals surface area contributed by atoms with E-state index in [1.54, 1.807) is 23.1 Å². The van der Waals surface area contributed by atoms with E-state index < -0.39 is 0 Å². The summed E-state index contributed by atoms with van der Waals surface area (Å²) in [5.41, 5.74) is 5.35. The number of aromatic nitrogens is 3. The van der Waals surface area contributed by atoms with E-state index in [0.717, 1.165) is 16.8 Å². The predicted molar refractivity (Wildman–Crippen MR) is 134 cm³/mol. The van der Waals surface area contributed by atoms with Gasteiger partial charge in [-0.25, -0.2) is 4.98 Å². The zero-order chi connectivity index (χ0) is 23.7. The number of pyridine rings is 1. The van der Waals surface area contributed by atoms with Crippen LogP contribution in [0.4, 0.5) is 11.4 Å². The van der Waals surface area contributed by atoms with Crippen molar-refractivity contribution in [2.24, 2.45) is 7.05 Å². The van der Waals surface area contributed by atoms with Gasteiger partial charge >= 0.3 is 0 Å². The Hall–Kier alpha value is -4.39. The number of fused-ring (bicyclic) bond motifs is 1. The first-order valence-corrected chi connectivity index (χ1v) is 11.1. The summed E-state index contributed by atoms with van der Waals surface area (Å²) >= 11 is 0. The molecule has 7 heteroatoms. The van der Waals surface area contributed by atoms with Crippen LogP contribution in [-0.4, -0.2) is 20.7 Å². The molecule has 0 radical (unpaired) electrons. The Morgan fingerprint density at radius 3 is 2.44 bits per heavy atom. The first-order chi connectivity index (χ1) is 16.5. The minimum absolute atomic E-state index is 0.167. The zero-order valence-corrected chi connectivity index (χ0v) is 19.2. The topological polar surface area (TPSA) is 85.0 Å². The molecule has 7 nitrogen and oxygen atoms in total. The number of nitrogens with one attached hydrogen (secondary N) is 2. The minimum Gasteiger partial charge on any atom is -0.463 e. The van der Waals surface area contributed by atoms with Crippen LogP contribution in [0.1, 0.15) is 34.6 Å². The lowest BCUT2D eigenvalue weighted by atomic mass is 10.1. The summed E-state index contributed by atoms with van der Waals surface area (Å²) in [4.78, 5) is 18.0. The Morgan fingerprint density at radius 1 is 1.00 bits per heavy atom. The third-order valence-corrected chi connectivity index (χ3v) is 5.81. The van der Waals surface area contributed by atoms with Crippen molar-refractivity contribution >= 4 is 28.3 Å². The van der Waals surface area contributed by atoms with Gasteiger partial charge in [0, 0.05) is 24.5 Å². The van der Waals surface area contributed by atoms with Crippen molar-refractivity contribution in [2.75, 3.05) is 10.6 Å². The highest BCUT2D eigenvalue weighted by atomic mass is 16.3. The second-order valence-electron chi connectivity index (χ2n) is 8.25. The number of rotatable bonds is 6. The van der Waals surface area contributed by atoms with Crippen LogP contribution in [0.15, 0.2) is 83.5 Å². The van der Waals surface area contributed by atoms with E-state index in [1.165, 1.54) is 5.56 Å². The third-order valence-electron chi connectivity index (χ3n) is 5.81. The van der Waals surface area contributed by atoms with E-state index in [1.807, 2.05) is 62.5 Å². The number of furan rings is 1. The number of amides is 1. The Balaban J connectivity index is 1.39. The molecule has 1 unspecified atom stereocenters. The smallest absolute Gasteiger partial charge is 0.256 e. The van der Waals surface area contributed by atoms with Crippen molar-refractivity contribution in [1.82, 2.24) is 14.8 Å². The van der Waals surface area contributed by atoms with Crippen LogP contribution in [0.2, 0.25) is 0 Å². The Morgan fingerprint density at radius 2 is 1.74 bits per heavy atom. The van der Waals surface area contributed by atoms with Gasteiger partial charge in [-0.1, -0.05) is 30.3 Å². The highest BCUT2D eigenvalue weighted by Crippen LogP contribution is 2.28. The summed E-state index contributed by atoms with van der Waals surface area (Å²) in [6.07, 6.45) is 1.59. The van der Waals surface area contributed by atoms with Gasteiger partial charge in [-0.3, -0.25) is 9.48 Å². The molecule has 0 spiro atoms. The van der Waals surface area contributed by atoms with Crippen LogP contribution in [0.3, 0.4) is 0 Å². The molecule has 0 aliphatic carbocycles. The number of benzene rings is 2. The number of carbonyl (C=O) groups is 1. The van der Waals surface area contributed by atoms with Crippen molar-refractivity contribution in [3.05, 3.63) is 95.9 Å². The lowest BCUT2D eigenvalue weighted by Crippen LogP contribution is -2.13. The van der Waals surface area contributed by atoms with Crippen molar-refractivity contribution in [2.45, 2.75) is 19.9 Å². The first-order valence-electron chi connectivity index (χ1n) is 11.1. The van der Waals surface area contributed by atoms with Crippen molar-refractivity contribution in [3.8, 4) is 11.5 Å². The third kappa shape index (κ3) is 4.15. The second kappa shape index (κ2) is 8.86. The standard InChI is InChI=1S/C27H25N5O2/c1-17(19-8-5-4-6-9-19)28-20-11-13-21(14-12-20)29-27(33)22-16-23(24-10-7-15-34-24)30-26-25(22)18(2)31-32(26)3/h4-17,28H,1-3H3,(H,29,33). The van der Waals surface area contributed by atoms with E-state index in [0.29, 0.717) is 28.4 Å². The number of hydrogen-bond acceptors (Lipinski definition) is 5. The summed E-state index contributed by atoms with van der Waals surface area (Å²) in [6, 6.07) is 23.5. The predicted octanol–water partition coefficient (Wildman–Crippen LogP) is 5.96. The molecule has 2 aromatic carbocycles. The second-order valence-corrected chi connectivity index (χ2v) is 8.25. The Labute approximate surface area is 197 Å². The van der Waals surface area contributed by atoms with Gasteiger partial charge in [-0.15, -0.1) is 0 Å². The maximum atomic E-state index is 13.3. The van der Waals surface area contributed by atoms with Crippen molar-refractivity contribution < 1.29 is 9.21 Å². The normalized spacial score (nSPS) is 12.0. The fourth-order valence-electron chi connectivity index (χ4n) is 4.10. The molecule has 34 heavy (non-hydrogen) atoms. The molecule has 1 amide bonds. The quantitative estimate of drug-likeness (QED) is 0.333. The average molecular weight is 452 g/mol. The Kier molecular flexibility index (Phi) is 5.59. The molecule has 0 fully saturated rings. The molecule has 5 aromatic rings. The molecule has 2 N–H and O–H groups in total. The fraction of sp³-hybridized carbons (Fsp3) is 0.148. The molecule has 0 aliphatic heterocycles. The van der Waals surface area contributed by atoms with E-state index in [2.05, 4.69) is 39.8 Å². The van der Waals surface area contributed by atoms with Crippen LogP contribution in [-0.2, 0) is 7.05 Å². The van der Waals surface area contributed by atoms with E-state index in [-0.39, 0.29) is 11.9 Å². The Bertz CT molecular complexity index is 1440. The molecule has 0 bridgehead atoms.